The molecular weight excluding hydrogens is 202 g/mol. The Labute approximate surface area is 95.1 Å². The van der Waals surface area contributed by atoms with Crippen molar-refractivity contribution in [2.75, 3.05) is 0 Å². The van der Waals surface area contributed by atoms with Gasteiger partial charge in [0.15, 0.2) is 5.69 Å². The zero-order valence-electron chi connectivity index (χ0n) is 9.62. The maximum absolute atomic E-state index is 5.62. The number of nitrogens with one attached hydrogen (secondary N) is 2. The summed E-state index contributed by atoms with van der Waals surface area (Å²) in [4.78, 5) is 5.53. The predicted octanol–water partition coefficient (Wildman–Crippen LogP) is -2.81. The van der Waals surface area contributed by atoms with E-state index in [9.17, 15) is 0 Å². The summed E-state index contributed by atoms with van der Waals surface area (Å²) >= 11 is 0. The zero-order valence-corrected chi connectivity index (χ0v) is 9.62. The Morgan fingerprint density at radius 1 is 1.06 bits per heavy atom. The highest BCUT2D eigenvalue weighted by Crippen LogP contribution is 2.14. The van der Waals surface area contributed by atoms with Gasteiger partial charge in [-0.2, -0.15) is 4.99 Å². The first-order valence-corrected chi connectivity index (χ1v) is 5.13. The highest BCUT2D eigenvalue weighted by atomic mass is 15.1. The second-order valence-electron chi connectivity index (χ2n) is 3.90. The van der Waals surface area contributed by atoms with Crippen molar-refractivity contribution in [3.63, 3.8) is 0 Å². The lowest BCUT2D eigenvalue weighted by Crippen LogP contribution is -2.96. The van der Waals surface area contributed by atoms with Gasteiger partial charge in [0.25, 0.3) is 5.96 Å². The van der Waals surface area contributed by atoms with E-state index in [2.05, 4.69) is 36.0 Å². The average molecular weight is 221 g/mol. The quantitative estimate of drug-likeness (QED) is 0.275. The number of hydrogen-bond donors (Lipinski definition) is 5. The van der Waals surface area contributed by atoms with Crippen molar-refractivity contribution in [2.45, 2.75) is 19.8 Å². The van der Waals surface area contributed by atoms with Crippen molar-refractivity contribution in [1.82, 2.24) is 0 Å². The molecule has 1 rings (SSSR count). The molecule has 0 aliphatic heterocycles. The minimum absolute atomic E-state index is 0.0591. The molecule has 0 unspecified atom stereocenters. The van der Waals surface area contributed by atoms with Gasteiger partial charge in [0.05, 0.1) is 0 Å². The standard InChI is InChI=1S/C11H17N5/c1-7(2)8-3-5-9(6-4-8)15-11(14)16-10(12)13/h3-7H,1-2H3,(H6,12,13,14,15,16)/p+2. The van der Waals surface area contributed by atoms with Crippen LogP contribution in [0.2, 0.25) is 0 Å². The molecule has 0 radical (unpaired) electrons. The molecule has 5 nitrogen and oxygen atoms in total. The number of rotatable bonds is 2. The van der Waals surface area contributed by atoms with Crippen molar-refractivity contribution in [1.29, 1.82) is 0 Å². The van der Waals surface area contributed by atoms with E-state index in [-0.39, 0.29) is 5.96 Å². The van der Waals surface area contributed by atoms with Gasteiger partial charge in [-0.25, -0.2) is 5.73 Å². The fourth-order valence-electron chi connectivity index (χ4n) is 1.29. The number of hydrogen-bond acceptors (Lipinski definition) is 0. The maximum atomic E-state index is 5.62. The zero-order chi connectivity index (χ0) is 12.1. The Bertz CT molecular complexity index is 399. The van der Waals surface area contributed by atoms with E-state index in [0.717, 1.165) is 5.69 Å². The first-order valence-electron chi connectivity index (χ1n) is 5.13. The molecule has 0 saturated carbocycles. The van der Waals surface area contributed by atoms with E-state index in [0.29, 0.717) is 11.9 Å². The molecule has 8 N–H and O–H groups in total. The fraction of sp³-hybridized carbons (Fsp3) is 0.273. The van der Waals surface area contributed by atoms with E-state index in [4.69, 9.17) is 17.2 Å². The topological polar surface area (TPSA) is 106 Å². The molecule has 1 aromatic carbocycles. The van der Waals surface area contributed by atoms with Gasteiger partial charge in [0, 0.05) is 0 Å². The van der Waals surface area contributed by atoms with Gasteiger partial charge in [-0.1, -0.05) is 26.0 Å². The van der Waals surface area contributed by atoms with Crippen molar-refractivity contribution in [2.24, 2.45) is 17.2 Å². The van der Waals surface area contributed by atoms with Gasteiger partial charge < -0.3 is 11.5 Å². The fourth-order valence-corrected chi connectivity index (χ4v) is 1.29. The van der Waals surface area contributed by atoms with E-state index in [1.165, 1.54) is 5.56 Å². The third-order valence-corrected chi connectivity index (χ3v) is 2.14. The molecule has 0 aromatic heterocycles. The highest BCUT2D eigenvalue weighted by molar-refractivity contribution is 5.75. The molecule has 16 heavy (non-hydrogen) atoms. The summed E-state index contributed by atoms with van der Waals surface area (Å²) in [5, 5.41) is 0. The Hall–Kier alpha value is -2.04. The number of nitrogens with two attached hydrogens (primary N) is 3. The molecule has 0 aliphatic carbocycles. The van der Waals surface area contributed by atoms with E-state index in [1.807, 2.05) is 12.1 Å². The summed E-state index contributed by atoms with van der Waals surface area (Å²) in [6.07, 6.45) is 0. The van der Waals surface area contributed by atoms with Crippen LogP contribution in [0.1, 0.15) is 25.3 Å². The SMILES string of the molecule is CC(C)c1ccc([NH+]=C(N)[NH+]=C(N)N)cc1. The number of benzene rings is 1. The van der Waals surface area contributed by atoms with Crippen LogP contribution in [-0.2, 0) is 0 Å². The van der Waals surface area contributed by atoms with Crippen LogP contribution in [0.25, 0.3) is 0 Å². The lowest BCUT2D eigenvalue weighted by Gasteiger charge is -2.02. The maximum Gasteiger partial charge on any atom is 0.522 e. The average Bonchev–Trinajstić information content (AvgIpc) is 2.16. The van der Waals surface area contributed by atoms with Crippen LogP contribution in [0, 0.1) is 0 Å². The number of guanidine groups is 2. The molecule has 0 atom stereocenters. The summed E-state index contributed by atoms with van der Waals surface area (Å²) in [6.45, 7) is 4.29. The summed E-state index contributed by atoms with van der Waals surface area (Å²) < 4.78 is 0. The lowest BCUT2D eigenvalue weighted by atomic mass is 10.0. The summed E-state index contributed by atoms with van der Waals surface area (Å²) in [7, 11) is 0. The molecule has 0 saturated heterocycles. The van der Waals surface area contributed by atoms with Crippen molar-refractivity contribution < 1.29 is 9.98 Å². The largest absolute Gasteiger partial charge is 0.522 e. The Morgan fingerprint density at radius 3 is 2.06 bits per heavy atom. The Kier molecular flexibility index (Phi) is 3.88. The van der Waals surface area contributed by atoms with Crippen LogP contribution in [0.15, 0.2) is 24.3 Å². The second-order valence-corrected chi connectivity index (χ2v) is 3.90. The van der Waals surface area contributed by atoms with Gasteiger partial charge in [0.1, 0.15) is 0 Å². The second kappa shape index (κ2) is 5.16. The molecule has 0 aliphatic rings. The van der Waals surface area contributed by atoms with Gasteiger partial charge in [-0.05, 0) is 23.6 Å². The molecule has 0 spiro atoms. The van der Waals surface area contributed by atoms with Crippen LogP contribution in [0.3, 0.4) is 0 Å². The Balaban J connectivity index is 2.87. The third kappa shape index (κ3) is 3.61. The van der Waals surface area contributed by atoms with Gasteiger partial charge >= 0.3 is 5.96 Å². The summed E-state index contributed by atoms with van der Waals surface area (Å²) in [5.41, 5.74) is 18.3. The summed E-state index contributed by atoms with van der Waals surface area (Å²) in [5.74, 6) is 0.877. The van der Waals surface area contributed by atoms with Crippen LogP contribution in [-0.4, -0.2) is 11.9 Å². The normalized spacial score (nSPS) is 11.6. The smallest absolute Gasteiger partial charge is 0.345 e. The van der Waals surface area contributed by atoms with Crippen molar-refractivity contribution in [3.8, 4) is 0 Å². The Morgan fingerprint density at radius 2 is 1.62 bits per heavy atom. The van der Waals surface area contributed by atoms with Gasteiger partial charge in [0.2, 0.25) is 0 Å². The monoisotopic (exact) mass is 221 g/mol. The predicted molar refractivity (Wildman–Crippen MR) is 64.7 cm³/mol. The third-order valence-electron chi connectivity index (χ3n) is 2.14. The molecule has 0 bridgehead atoms. The van der Waals surface area contributed by atoms with Crippen LogP contribution >= 0.6 is 0 Å². The molecular formula is C11H19N5+2. The molecule has 0 fully saturated rings. The molecule has 86 valence electrons. The van der Waals surface area contributed by atoms with Gasteiger partial charge in [-0.15, -0.1) is 4.99 Å². The van der Waals surface area contributed by atoms with Crippen molar-refractivity contribution in [3.05, 3.63) is 29.8 Å². The van der Waals surface area contributed by atoms with E-state index >= 15 is 0 Å². The highest BCUT2D eigenvalue weighted by Gasteiger charge is 2.05. The van der Waals surface area contributed by atoms with Crippen LogP contribution in [0.5, 0.6) is 0 Å². The van der Waals surface area contributed by atoms with Crippen molar-refractivity contribution >= 4 is 17.6 Å². The van der Waals surface area contributed by atoms with Gasteiger partial charge in [-0.3, -0.25) is 0 Å². The van der Waals surface area contributed by atoms with Crippen LogP contribution in [0.4, 0.5) is 5.69 Å². The summed E-state index contributed by atoms with van der Waals surface area (Å²) in [6, 6.07) is 8.01. The molecule has 0 heterocycles. The molecule has 5 heteroatoms. The van der Waals surface area contributed by atoms with E-state index < -0.39 is 0 Å². The minimum Gasteiger partial charge on any atom is -0.345 e. The molecule has 0 amide bonds. The lowest BCUT2D eigenvalue weighted by molar-refractivity contribution is -0.459. The first-order chi connectivity index (χ1) is 7.49. The first kappa shape index (κ1) is 12.0. The molecule has 1 aromatic rings. The van der Waals surface area contributed by atoms with Crippen LogP contribution < -0.4 is 27.2 Å². The van der Waals surface area contributed by atoms with E-state index in [1.54, 1.807) is 0 Å². The minimum atomic E-state index is 0.0591.